The number of aromatic nitrogens is 1. The second-order valence-electron chi connectivity index (χ2n) is 6.72. The van der Waals surface area contributed by atoms with E-state index < -0.39 is 15.8 Å². The first-order chi connectivity index (χ1) is 13.7. The summed E-state index contributed by atoms with van der Waals surface area (Å²) in [7, 11) is -3.72. The second-order valence-corrected chi connectivity index (χ2v) is 9.66. The number of hydrogen-bond donors (Lipinski definition) is 1. The lowest BCUT2D eigenvalue weighted by molar-refractivity contribution is -0.120. The summed E-state index contributed by atoms with van der Waals surface area (Å²) in [6, 6.07) is 6.18. The summed E-state index contributed by atoms with van der Waals surface area (Å²) in [6.07, 6.45) is 0.765. The maximum atomic E-state index is 12.8. The summed E-state index contributed by atoms with van der Waals surface area (Å²) >= 11 is 0.438. The van der Waals surface area contributed by atoms with Crippen molar-refractivity contribution >= 4 is 33.4 Å². The number of piperidine rings is 1. The number of anilines is 1. The number of aryl methyl sites for hydroxylation is 2. The van der Waals surface area contributed by atoms with Gasteiger partial charge in [-0.2, -0.15) is 13.1 Å². The quantitative estimate of drug-likeness (QED) is 0.683. The van der Waals surface area contributed by atoms with Gasteiger partial charge in [-0.15, -0.1) is 0 Å². The number of benzene rings is 1. The molecular formula is C18H21F2N3O4S2. The highest BCUT2D eigenvalue weighted by atomic mass is 32.2. The van der Waals surface area contributed by atoms with Crippen LogP contribution in [0.4, 0.5) is 14.5 Å². The summed E-state index contributed by atoms with van der Waals surface area (Å²) in [6.45, 7) is 3.57. The van der Waals surface area contributed by atoms with Crippen LogP contribution in [0.1, 0.15) is 24.3 Å². The summed E-state index contributed by atoms with van der Waals surface area (Å²) < 4.78 is 56.7. The van der Waals surface area contributed by atoms with Gasteiger partial charge in [-0.25, -0.2) is 8.42 Å². The molecule has 2 aromatic rings. The van der Waals surface area contributed by atoms with E-state index in [1.165, 1.54) is 16.4 Å². The number of rotatable bonds is 6. The monoisotopic (exact) mass is 445 g/mol. The minimum absolute atomic E-state index is 0.0853. The fraction of sp³-hybridized carbons (Fsp3) is 0.444. The van der Waals surface area contributed by atoms with Gasteiger partial charge in [-0.05, 0) is 51.0 Å². The van der Waals surface area contributed by atoms with Crippen LogP contribution in [0.3, 0.4) is 0 Å². The first-order valence-electron chi connectivity index (χ1n) is 8.97. The fourth-order valence-corrected chi connectivity index (χ4v) is 5.55. The number of halogens is 2. The molecule has 0 aliphatic carbocycles. The number of amides is 1. The molecule has 0 atom stereocenters. The van der Waals surface area contributed by atoms with Gasteiger partial charge in [0.05, 0.1) is 0 Å². The van der Waals surface area contributed by atoms with E-state index in [0.717, 1.165) is 0 Å². The zero-order valence-electron chi connectivity index (χ0n) is 15.9. The normalized spacial score (nSPS) is 16.3. The first kappa shape index (κ1) is 21.7. The molecule has 0 radical (unpaired) electrons. The zero-order chi connectivity index (χ0) is 21.2. The van der Waals surface area contributed by atoms with Crippen LogP contribution in [0.2, 0.25) is 0 Å². The molecule has 1 N–H and O–H groups in total. The van der Waals surface area contributed by atoms with E-state index in [1.807, 2.05) is 0 Å². The molecule has 1 saturated heterocycles. The maximum absolute atomic E-state index is 12.8. The van der Waals surface area contributed by atoms with Crippen molar-refractivity contribution < 1.29 is 26.5 Å². The van der Waals surface area contributed by atoms with Crippen molar-refractivity contribution in [2.45, 2.75) is 42.2 Å². The molecule has 7 nitrogen and oxygen atoms in total. The van der Waals surface area contributed by atoms with Crippen LogP contribution in [-0.4, -0.2) is 42.6 Å². The Morgan fingerprint density at radius 3 is 2.38 bits per heavy atom. The topological polar surface area (TPSA) is 92.5 Å². The zero-order valence-corrected chi connectivity index (χ0v) is 17.5. The minimum atomic E-state index is -3.72. The standard InChI is InChI=1S/C18H21F2N3O4S2/c1-11-16(12(2)27-22-11)29(25,26)23-9-7-13(8-10-23)17(24)21-14-3-5-15(6-4-14)28-18(19)20/h3-6,13,18H,7-10H2,1-2H3,(H,21,24). The predicted octanol–water partition coefficient (Wildman–Crippen LogP) is 3.65. The molecule has 2 heterocycles. The Bertz CT molecular complexity index is 950. The van der Waals surface area contributed by atoms with Gasteiger partial charge in [-0.3, -0.25) is 4.79 Å². The molecule has 3 rings (SSSR count). The molecule has 0 bridgehead atoms. The van der Waals surface area contributed by atoms with Crippen molar-refractivity contribution in [3.05, 3.63) is 35.7 Å². The second kappa shape index (κ2) is 8.80. The highest BCUT2D eigenvalue weighted by Gasteiger charge is 2.35. The highest BCUT2D eigenvalue weighted by molar-refractivity contribution is 7.99. The van der Waals surface area contributed by atoms with Crippen LogP contribution >= 0.6 is 11.8 Å². The van der Waals surface area contributed by atoms with E-state index in [9.17, 15) is 22.0 Å². The lowest BCUT2D eigenvalue weighted by atomic mass is 9.97. The molecule has 0 saturated carbocycles. The van der Waals surface area contributed by atoms with E-state index >= 15 is 0 Å². The average molecular weight is 446 g/mol. The number of carbonyl (C=O) groups is 1. The van der Waals surface area contributed by atoms with E-state index in [4.69, 9.17) is 4.52 Å². The van der Waals surface area contributed by atoms with Gasteiger partial charge < -0.3 is 9.84 Å². The third kappa shape index (κ3) is 4.96. The minimum Gasteiger partial charge on any atom is -0.360 e. The van der Waals surface area contributed by atoms with Gasteiger partial charge in [0.1, 0.15) is 10.6 Å². The third-order valence-corrected chi connectivity index (χ3v) is 7.60. The van der Waals surface area contributed by atoms with Crippen molar-refractivity contribution in [3.8, 4) is 0 Å². The van der Waals surface area contributed by atoms with Gasteiger partial charge in [0.2, 0.25) is 15.9 Å². The summed E-state index contributed by atoms with van der Waals surface area (Å²) in [5.74, 6) is -2.80. The Labute approximate surface area is 171 Å². The van der Waals surface area contributed by atoms with Crippen molar-refractivity contribution in [2.75, 3.05) is 18.4 Å². The Morgan fingerprint density at radius 2 is 1.86 bits per heavy atom. The average Bonchev–Trinajstić information content (AvgIpc) is 3.02. The third-order valence-electron chi connectivity index (χ3n) is 4.74. The van der Waals surface area contributed by atoms with E-state index in [2.05, 4.69) is 10.5 Å². The van der Waals surface area contributed by atoms with Crippen LogP contribution in [0.5, 0.6) is 0 Å². The number of sulfonamides is 1. The molecule has 1 amide bonds. The molecule has 11 heteroatoms. The Hall–Kier alpha value is -1.98. The van der Waals surface area contributed by atoms with Crippen LogP contribution in [0.15, 0.2) is 38.6 Å². The molecule has 0 unspecified atom stereocenters. The molecule has 29 heavy (non-hydrogen) atoms. The fourth-order valence-electron chi connectivity index (χ4n) is 3.29. The summed E-state index contributed by atoms with van der Waals surface area (Å²) in [4.78, 5) is 13.0. The maximum Gasteiger partial charge on any atom is 0.288 e. The molecule has 1 aliphatic heterocycles. The van der Waals surface area contributed by atoms with E-state index in [0.29, 0.717) is 40.9 Å². The van der Waals surface area contributed by atoms with Gasteiger partial charge in [0.25, 0.3) is 5.76 Å². The van der Waals surface area contributed by atoms with Crippen LogP contribution in [-0.2, 0) is 14.8 Å². The summed E-state index contributed by atoms with van der Waals surface area (Å²) in [5.41, 5.74) is 0.829. The Kier molecular flexibility index (Phi) is 6.59. The van der Waals surface area contributed by atoms with Gasteiger partial charge in [0.15, 0.2) is 5.76 Å². The van der Waals surface area contributed by atoms with Crippen molar-refractivity contribution in [1.29, 1.82) is 0 Å². The van der Waals surface area contributed by atoms with E-state index in [-0.39, 0.29) is 35.6 Å². The number of nitrogens with one attached hydrogen (secondary N) is 1. The summed E-state index contributed by atoms with van der Waals surface area (Å²) in [5, 5.41) is 6.46. The van der Waals surface area contributed by atoms with Gasteiger partial charge in [-0.1, -0.05) is 16.9 Å². The van der Waals surface area contributed by atoms with Crippen molar-refractivity contribution in [2.24, 2.45) is 5.92 Å². The molecule has 1 aromatic carbocycles. The Balaban J connectivity index is 1.58. The number of hydrogen-bond acceptors (Lipinski definition) is 6. The Morgan fingerprint density at radius 1 is 1.24 bits per heavy atom. The van der Waals surface area contributed by atoms with Crippen molar-refractivity contribution in [3.63, 3.8) is 0 Å². The molecule has 1 aromatic heterocycles. The molecular weight excluding hydrogens is 424 g/mol. The largest absolute Gasteiger partial charge is 0.360 e. The molecule has 158 valence electrons. The van der Waals surface area contributed by atoms with Gasteiger partial charge in [0, 0.05) is 29.6 Å². The number of carbonyl (C=O) groups excluding carboxylic acids is 1. The number of thioether (sulfide) groups is 1. The number of alkyl halides is 2. The lowest BCUT2D eigenvalue weighted by Crippen LogP contribution is -2.41. The first-order valence-corrected chi connectivity index (χ1v) is 11.3. The SMILES string of the molecule is Cc1noc(C)c1S(=O)(=O)N1CCC(C(=O)Nc2ccc(SC(F)F)cc2)CC1. The highest BCUT2D eigenvalue weighted by Crippen LogP contribution is 2.29. The molecule has 1 aliphatic rings. The van der Waals surface area contributed by atoms with E-state index in [1.54, 1.807) is 26.0 Å². The van der Waals surface area contributed by atoms with Crippen molar-refractivity contribution in [1.82, 2.24) is 9.46 Å². The smallest absolute Gasteiger partial charge is 0.288 e. The predicted molar refractivity (Wildman–Crippen MR) is 104 cm³/mol. The number of nitrogens with zero attached hydrogens (tertiary/aromatic N) is 2. The van der Waals surface area contributed by atoms with Gasteiger partial charge >= 0.3 is 0 Å². The van der Waals surface area contributed by atoms with Crippen LogP contribution in [0.25, 0.3) is 0 Å². The van der Waals surface area contributed by atoms with Crippen LogP contribution in [0, 0.1) is 19.8 Å². The molecule has 1 fully saturated rings. The van der Waals surface area contributed by atoms with Crippen LogP contribution < -0.4 is 5.32 Å². The molecule has 0 spiro atoms. The lowest BCUT2D eigenvalue weighted by Gasteiger charge is -2.30.